The lowest BCUT2D eigenvalue weighted by Crippen LogP contribution is -2.29. The molecular formula is C22H16N2O2. The highest BCUT2D eigenvalue weighted by Gasteiger charge is 2.21. The Hall–Kier alpha value is -3.66. The number of nitrogens with zero attached hydrogens (tertiary/aromatic N) is 2. The summed E-state index contributed by atoms with van der Waals surface area (Å²) in [6.45, 7) is 0. The van der Waals surface area contributed by atoms with Crippen LogP contribution in [0.2, 0.25) is 0 Å². The summed E-state index contributed by atoms with van der Waals surface area (Å²) in [6.07, 6.45) is 1.20. The van der Waals surface area contributed by atoms with Crippen LogP contribution in [-0.2, 0) is 0 Å². The molecule has 0 saturated carbocycles. The van der Waals surface area contributed by atoms with Crippen LogP contribution in [0.3, 0.4) is 0 Å². The fourth-order valence-electron chi connectivity index (χ4n) is 2.81. The second kappa shape index (κ2) is 7.07. The van der Waals surface area contributed by atoms with E-state index in [1.54, 1.807) is 17.2 Å². The number of carbonyl (C=O) groups excluding carboxylic acids is 1. The zero-order valence-electron chi connectivity index (χ0n) is 13.9. The molecule has 0 atom stereocenters. The lowest BCUT2D eigenvalue weighted by Gasteiger charge is -2.22. The van der Waals surface area contributed by atoms with E-state index in [1.165, 1.54) is 0 Å². The number of anilines is 2. The number of benzene rings is 3. The number of hydrogen-bond acceptors (Lipinski definition) is 3. The summed E-state index contributed by atoms with van der Waals surface area (Å²) in [5.41, 5.74) is 2.12. The number of para-hydroxylation sites is 3. The predicted molar refractivity (Wildman–Crippen MR) is 103 cm³/mol. The van der Waals surface area contributed by atoms with Gasteiger partial charge in [0.1, 0.15) is 5.52 Å². The van der Waals surface area contributed by atoms with E-state index in [0.717, 1.165) is 16.8 Å². The first-order valence-electron chi connectivity index (χ1n) is 8.29. The molecule has 0 aliphatic rings. The second-order valence-corrected chi connectivity index (χ2v) is 5.71. The highest BCUT2D eigenvalue weighted by molar-refractivity contribution is 5.98. The average molecular weight is 340 g/mol. The molecule has 4 heteroatoms. The fraction of sp³-hybridized carbons (Fsp3) is 0. The van der Waals surface area contributed by atoms with Gasteiger partial charge in [0.2, 0.25) is 0 Å². The fourth-order valence-corrected chi connectivity index (χ4v) is 2.81. The van der Waals surface area contributed by atoms with Gasteiger partial charge in [-0.25, -0.2) is 9.69 Å². The Labute approximate surface area is 151 Å². The van der Waals surface area contributed by atoms with E-state index in [4.69, 9.17) is 4.74 Å². The average Bonchev–Trinajstić information content (AvgIpc) is 2.70. The van der Waals surface area contributed by atoms with Gasteiger partial charge in [-0.3, -0.25) is 4.98 Å². The third kappa shape index (κ3) is 3.13. The van der Waals surface area contributed by atoms with Crippen LogP contribution in [0, 0.1) is 0 Å². The van der Waals surface area contributed by atoms with E-state index in [-0.39, 0.29) is 0 Å². The molecule has 0 saturated heterocycles. The summed E-state index contributed by atoms with van der Waals surface area (Å²) in [5.74, 6) is 0.435. The van der Waals surface area contributed by atoms with Crippen molar-refractivity contribution in [2.24, 2.45) is 0 Å². The third-order valence-corrected chi connectivity index (χ3v) is 4.00. The summed E-state index contributed by atoms with van der Waals surface area (Å²) < 4.78 is 5.72. The third-order valence-electron chi connectivity index (χ3n) is 4.00. The van der Waals surface area contributed by atoms with E-state index >= 15 is 0 Å². The van der Waals surface area contributed by atoms with Gasteiger partial charge in [-0.1, -0.05) is 54.6 Å². The van der Waals surface area contributed by atoms with Gasteiger partial charge in [-0.2, -0.15) is 0 Å². The molecule has 1 heterocycles. The number of ether oxygens (including phenoxy) is 1. The molecule has 126 valence electrons. The van der Waals surface area contributed by atoms with Crippen LogP contribution < -0.4 is 9.64 Å². The minimum absolute atomic E-state index is 0.435. The zero-order chi connectivity index (χ0) is 17.8. The van der Waals surface area contributed by atoms with Gasteiger partial charge in [0, 0.05) is 11.6 Å². The lowest BCUT2D eigenvalue weighted by atomic mass is 10.2. The molecule has 0 aliphatic carbocycles. The van der Waals surface area contributed by atoms with Crippen molar-refractivity contribution in [3.8, 4) is 5.75 Å². The van der Waals surface area contributed by atoms with Gasteiger partial charge in [-0.05, 0) is 36.4 Å². The van der Waals surface area contributed by atoms with Crippen LogP contribution in [0.5, 0.6) is 5.75 Å². The van der Waals surface area contributed by atoms with Crippen LogP contribution in [-0.4, -0.2) is 11.1 Å². The van der Waals surface area contributed by atoms with Gasteiger partial charge in [0.05, 0.1) is 11.4 Å². The molecule has 4 rings (SSSR count). The minimum atomic E-state index is -0.486. The van der Waals surface area contributed by atoms with E-state index in [0.29, 0.717) is 11.3 Å². The number of carbonyl (C=O) groups is 1. The maximum absolute atomic E-state index is 13.0. The summed E-state index contributed by atoms with van der Waals surface area (Å²) in [4.78, 5) is 18.9. The summed E-state index contributed by atoms with van der Waals surface area (Å²) in [7, 11) is 0. The first-order valence-corrected chi connectivity index (χ1v) is 8.29. The molecule has 0 aliphatic heterocycles. The van der Waals surface area contributed by atoms with Crippen molar-refractivity contribution in [3.63, 3.8) is 0 Å². The highest BCUT2D eigenvalue weighted by Crippen LogP contribution is 2.28. The molecule has 1 amide bonds. The van der Waals surface area contributed by atoms with E-state index in [1.807, 2.05) is 84.9 Å². The minimum Gasteiger partial charge on any atom is -0.407 e. The molecule has 1 aromatic heterocycles. The normalized spacial score (nSPS) is 10.5. The summed E-state index contributed by atoms with van der Waals surface area (Å²) in [5, 5.41) is 0.920. The summed E-state index contributed by atoms with van der Waals surface area (Å²) in [6, 6.07) is 28.2. The molecular weight excluding hydrogens is 324 g/mol. The SMILES string of the molecule is O=C(Oc1cccc2cccnc12)N(c1ccccc1)c1ccccc1. The molecule has 0 radical (unpaired) electrons. The van der Waals surface area contributed by atoms with E-state index < -0.39 is 6.09 Å². The van der Waals surface area contributed by atoms with Gasteiger partial charge < -0.3 is 4.74 Å². The number of rotatable bonds is 3. The Morgan fingerprint density at radius 2 is 1.35 bits per heavy atom. The number of hydrogen-bond donors (Lipinski definition) is 0. The van der Waals surface area contributed by atoms with Crippen LogP contribution in [0.1, 0.15) is 0 Å². The van der Waals surface area contributed by atoms with Gasteiger partial charge in [-0.15, -0.1) is 0 Å². The van der Waals surface area contributed by atoms with E-state index in [2.05, 4.69) is 4.98 Å². The number of aromatic nitrogens is 1. The molecule has 0 unspecified atom stereocenters. The smallest absolute Gasteiger partial charge is 0.407 e. The lowest BCUT2D eigenvalue weighted by molar-refractivity contribution is 0.211. The Morgan fingerprint density at radius 3 is 2.00 bits per heavy atom. The van der Waals surface area contributed by atoms with Crippen molar-refractivity contribution in [3.05, 3.63) is 97.2 Å². The maximum atomic E-state index is 13.0. The molecule has 0 bridgehead atoms. The molecule has 0 N–H and O–H groups in total. The molecule has 0 fully saturated rings. The first-order chi connectivity index (χ1) is 12.8. The van der Waals surface area contributed by atoms with Crippen LogP contribution in [0.4, 0.5) is 16.2 Å². The predicted octanol–water partition coefficient (Wildman–Crippen LogP) is 5.57. The van der Waals surface area contributed by atoms with Gasteiger partial charge in [0.15, 0.2) is 5.75 Å². The largest absolute Gasteiger partial charge is 0.424 e. The van der Waals surface area contributed by atoms with Crippen molar-refractivity contribution in [1.29, 1.82) is 0 Å². The monoisotopic (exact) mass is 340 g/mol. The van der Waals surface area contributed by atoms with Crippen molar-refractivity contribution >= 4 is 28.4 Å². The highest BCUT2D eigenvalue weighted by atomic mass is 16.6. The van der Waals surface area contributed by atoms with Crippen molar-refractivity contribution in [2.75, 3.05) is 4.90 Å². The quantitative estimate of drug-likeness (QED) is 0.489. The Kier molecular flexibility index (Phi) is 4.31. The standard InChI is InChI=1S/C22H16N2O2/c25-22(26-20-15-7-9-17-10-8-16-23-21(17)20)24(18-11-3-1-4-12-18)19-13-5-2-6-14-19/h1-16H. The number of pyridine rings is 1. The first kappa shape index (κ1) is 15.8. The molecule has 4 aromatic rings. The van der Waals surface area contributed by atoms with Crippen molar-refractivity contribution < 1.29 is 9.53 Å². The van der Waals surface area contributed by atoms with Crippen LogP contribution >= 0.6 is 0 Å². The van der Waals surface area contributed by atoms with Gasteiger partial charge in [0.25, 0.3) is 0 Å². The van der Waals surface area contributed by atoms with Crippen molar-refractivity contribution in [1.82, 2.24) is 4.98 Å². The Morgan fingerprint density at radius 1 is 0.731 bits per heavy atom. The van der Waals surface area contributed by atoms with Crippen molar-refractivity contribution in [2.45, 2.75) is 0 Å². The zero-order valence-corrected chi connectivity index (χ0v) is 13.9. The summed E-state index contributed by atoms with van der Waals surface area (Å²) >= 11 is 0. The van der Waals surface area contributed by atoms with Crippen LogP contribution in [0.25, 0.3) is 10.9 Å². The number of amides is 1. The second-order valence-electron chi connectivity index (χ2n) is 5.71. The van der Waals surface area contributed by atoms with E-state index in [9.17, 15) is 4.79 Å². The topological polar surface area (TPSA) is 42.4 Å². The molecule has 26 heavy (non-hydrogen) atoms. The molecule has 4 nitrogen and oxygen atoms in total. The maximum Gasteiger partial charge on any atom is 0.424 e. The molecule has 0 spiro atoms. The van der Waals surface area contributed by atoms with Gasteiger partial charge >= 0.3 is 6.09 Å². The Balaban J connectivity index is 1.73. The molecule has 3 aromatic carbocycles. The number of fused-ring (bicyclic) bond motifs is 1. The van der Waals surface area contributed by atoms with Crippen LogP contribution in [0.15, 0.2) is 97.2 Å². The Bertz CT molecular complexity index is 989.